The number of para-hydroxylation sites is 1. The standard InChI is InChI=1S/C22H31NO5/c1-4-22(2,3)17-9-11-18(12-10-17)23-20(25)14-28-21(26)15-27-19-8-6-5-7-16(19)13-24/h5-8,13,17-18H,4,9-12,14-15H2,1-3H3,(H,23,25). The first-order chi connectivity index (χ1) is 13.4. The van der Waals surface area contributed by atoms with Crippen LogP contribution in [-0.2, 0) is 14.3 Å². The lowest BCUT2D eigenvalue weighted by molar-refractivity contribution is -0.150. The molecule has 0 saturated heterocycles. The quantitative estimate of drug-likeness (QED) is 0.516. The second-order valence-corrected chi connectivity index (χ2v) is 8.06. The van der Waals surface area contributed by atoms with Crippen LogP contribution in [0.25, 0.3) is 0 Å². The van der Waals surface area contributed by atoms with E-state index in [-0.39, 0.29) is 25.2 Å². The van der Waals surface area contributed by atoms with Gasteiger partial charge in [0.05, 0.1) is 5.56 Å². The Morgan fingerprint density at radius 2 is 1.82 bits per heavy atom. The summed E-state index contributed by atoms with van der Waals surface area (Å²) >= 11 is 0. The van der Waals surface area contributed by atoms with Crippen molar-refractivity contribution >= 4 is 18.2 Å². The summed E-state index contributed by atoms with van der Waals surface area (Å²) in [5.41, 5.74) is 0.697. The van der Waals surface area contributed by atoms with Gasteiger partial charge < -0.3 is 14.8 Å². The van der Waals surface area contributed by atoms with Gasteiger partial charge in [0.1, 0.15) is 5.75 Å². The molecule has 154 valence electrons. The van der Waals surface area contributed by atoms with Gasteiger partial charge >= 0.3 is 5.97 Å². The summed E-state index contributed by atoms with van der Waals surface area (Å²) < 4.78 is 10.3. The summed E-state index contributed by atoms with van der Waals surface area (Å²) in [6, 6.07) is 6.75. The van der Waals surface area contributed by atoms with Crippen molar-refractivity contribution in [1.29, 1.82) is 0 Å². The fourth-order valence-corrected chi connectivity index (χ4v) is 3.61. The molecule has 0 spiro atoms. The Labute approximate surface area is 167 Å². The van der Waals surface area contributed by atoms with Gasteiger partial charge in [0.25, 0.3) is 5.91 Å². The number of amides is 1. The lowest BCUT2D eigenvalue weighted by Crippen LogP contribution is -2.41. The fraction of sp³-hybridized carbons (Fsp3) is 0.591. The molecule has 0 aliphatic heterocycles. The summed E-state index contributed by atoms with van der Waals surface area (Å²) in [5, 5.41) is 2.95. The van der Waals surface area contributed by atoms with E-state index in [0.717, 1.165) is 32.1 Å². The number of hydrogen-bond donors (Lipinski definition) is 1. The van der Waals surface area contributed by atoms with E-state index >= 15 is 0 Å². The Hall–Kier alpha value is -2.37. The van der Waals surface area contributed by atoms with E-state index in [0.29, 0.717) is 28.9 Å². The summed E-state index contributed by atoms with van der Waals surface area (Å²) in [6.07, 6.45) is 5.94. The molecule has 0 heterocycles. The molecule has 1 aromatic carbocycles. The van der Waals surface area contributed by atoms with Crippen molar-refractivity contribution in [2.24, 2.45) is 11.3 Å². The van der Waals surface area contributed by atoms with Gasteiger partial charge in [-0.25, -0.2) is 4.79 Å². The molecule has 0 aromatic heterocycles. The van der Waals surface area contributed by atoms with E-state index in [2.05, 4.69) is 26.1 Å². The molecule has 1 amide bonds. The van der Waals surface area contributed by atoms with Crippen LogP contribution in [0, 0.1) is 11.3 Å². The van der Waals surface area contributed by atoms with E-state index < -0.39 is 5.97 Å². The Morgan fingerprint density at radius 3 is 2.46 bits per heavy atom. The van der Waals surface area contributed by atoms with Crippen LogP contribution >= 0.6 is 0 Å². The zero-order chi connectivity index (χ0) is 20.6. The highest BCUT2D eigenvalue weighted by molar-refractivity contribution is 5.82. The van der Waals surface area contributed by atoms with Gasteiger partial charge in [-0.05, 0) is 49.1 Å². The summed E-state index contributed by atoms with van der Waals surface area (Å²) in [6.45, 7) is 6.17. The lowest BCUT2D eigenvalue weighted by Gasteiger charge is -2.39. The highest BCUT2D eigenvalue weighted by Gasteiger charge is 2.32. The van der Waals surface area contributed by atoms with E-state index in [1.807, 2.05) is 0 Å². The van der Waals surface area contributed by atoms with Crippen LogP contribution in [0.5, 0.6) is 5.75 Å². The molecule has 0 bridgehead atoms. The van der Waals surface area contributed by atoms with Crippen molar-refractivity contribution in [1.82, 2.24) is 5.32 Å². The Morgan fingerprint density at radius 1 is 1.14 bits per heavy atom. The highest BCUT2D eigenvalue weighted by atomic mass is 16.6. The number of ether oxygens (including phenoxy) is 2. The number of nitrogens with one attached hydrogen (secondary N) is 1. The number of benzene rings is 1. The molecular weight excluding hydrogens is 358 g/mol. The topological polar surface area (TPSA) is 81.7 Å². The van der Waals surface area contributed by atoms with Gasteiger partial charge in [0, 0.05) is 6.04 Å². The van der Waals surface area contributed by atoms with Gasteiger partial charge in [-0.2, -0.15) is 0 Å². The maximum Gasteiger partial charge on any atom is 0.344 e. The first-order valence-electron chi connectivity index (χ1n) is 9.97. The maximum absolute atomic E-state index is 12.0. The first kappa shape index (κ1) is 21.9. The molecule has 1 fully saturated rings. The minimum Gasteiger partial charge on any atom is -0.481 e. The minimum absolute atomic E-state index is 0.144. The van der Waals surface area contributed by atoms with Crippen LogP contribution in [0.1, 0.15) is 63.2 Å². The molecule has 1 aromatic rings. The van der Waals surface area contributed by atoms with Crippen molar-refractivity contribution in [3.05, 3.63) is 29.8 Å². The molecule has 1 saturated carbocycles. The smallest absolute Gasteiger partial charge is 0.344 e. The number of aldehydes is 1. The molecule has 0 unspecified atom stereocenters. The number of carbonyl (C=O) groups excluding carboxylic acids is 3. The van der Waals surface area contributed by atoms with Crippen LogP contribution in [-0.4, -0.2) is 37.4 Å². The molecule has 0 radical (unpaired) electrons. The van der Waals surface area contributed by atoms with Gasteiger partial charge in [-0.1, -0.05) is 39.3 Å². The summed E-state index contributed by atoms with van der Waals surface area (Å²) in [4.78, 5) is 34.8. The van der Waals surface area contributed by atoms with Crippen LogP contribution in [0.4, 0.5) is 0 Å². The molecule has 1 N–H and O–H groups in total. The number of hydrogen-bond acceptors (Lipinski definition) is 5. The third-order valence-electron chi connectivity index (χ3n) is 5.86. The largest absolute Gasteiger partial charge is 0.481 e. The van der Waals surface area contributed by atoms with E-state index in [1.165, 1.54) is 0 Å². The Kier molecular flexibility index (Phi) is 8.03. The van der Waals surface area contributed by atoms with Crippen LogP contribution in [0.3, 0.4) is 0 Å². The van der Waals surface area contributed by atoms with E-state index in [9.17, 15) is 14.4 Å². The van der Waals surface area contributed by atoms with Gasteiger partial charge in [0.15, 0.2) is 19.5 Å². The molecule has 1 aliphatic rings. The number of esters is 1. The van der Waals surface area contributed by atoms with Crippen LogP contribution in [0.2, 0.25) is 0 Å². The predicted octanol–water partition coefficient (Wildman–Crippen LogP) is 3.53. The zero-order valence-electron chi connectivity index (χ0n) is 17.0. The molecular formula is C22H31NO5. The Bertz CT molecular complexity index is 677. The maximum atomic E-state index is 12.0. The molecule has 2 rings (SSSR count). The van der Waals surface area contributed by atoms with Gasteiger partial charge in [-0.3, -0.25) is 9.59 Å². The third-order valence-corrected chi connectivity index (χ3v) is 5.86. The van der Waals surface area contributed by atoms with Crippen LogP contribution < -0.4 is 10.1 Å². The molecule has 28 heavy (non-hydrogen) atoms. The van der Waals surface area contributed by atoms with Crippen molar-refractivity contribution < 1.29 is 23.9 Å². The fourth-order valence-electron chi connectivity index (χ4n) is 3.61. The summed E-state index contributed by atoms with van der Waals surface area (Å²) in [7, 11) is 0. The average molecular weight is 389 g/mol. The SMILES string of the molecule is CCC(C)(C)C1CCC(NC(=O)COC(=O)COc2ccccc2C=O)CC1. The molecule has 6 nitrogen and oxygen atoms in total. The van der Waals surface area contributed by atoms with Gasteiger partial charge in [-0.15, -0.1) is 0 Å². The third kappa shape index (κ3) is 6.36. The van der Waals surface area contributed by atoms with E-state index in [4.69, 9.17) is 9.47 Å². The van der Waals surface area contributed by atoms with E-state index in [1.54, 1.807) is 24.3 Å². The minimum atomic E-state index is -0.649. The first-order valence-corrected chi connectivity index (χ1v) is 9.97. The monoisotopic (exact) mass is 389 g/mol. The highest BCUT2D eigenvalue weighted by Crippen LogP contribution is 2.40. The summed E-state index contributed by atoms with van der Waals surface area (Å²) in [5.74, 6) is 0.0598. The van der Waals surface area contributed by atoms with Gasteiger partial charge in [0.2, 0.25) is 0 Å². The average Bonchev–Trinajstić information content (AvgIpc) is 2.71. The van der Waals surface area contributed by atoms with Crippen molar-refractivity contribution in [3.8, 4) is 5.75 Å². The van der Waals surface area contributed by atoms with Crippen molar-refractivity contribution in [3.63, 3.8) is 0 Å². The number of carbonyl (C=O) groups is 3. The second-order valence-electron chi connectivity index (χ2n) is 8.06. The predicted molar refractivity (Wildman–Crippen MR) is 106 cm³/mol. The Balaban J connectivity index is 1.67. The molecule has 0 atom stereocenters. The van der Waals surface area contributed by atoms with Crippen molar-refractivity contribution in [2.75, 3.05) is 13.2 Å². The van der Waals surface area contributed by atoms with Crippen LogP contribution in [0.15, 0.2) is 24.3 Å². The zero-order valence-corrected chi connectivity index (χ0v) is 17.0. The van der Waals surface area contributed by atoms with Crippen molar-refractivity contribution in [2.45, 2.75) is 58.9 Å². The number of rotatable bonds is 9. The second kappa shape index (κ2) is 10.2. The normalized spacial score (nSPS) is 19.5. The molecule has 6 heteroatoms. The lowest BCUT2D eigenvalue weighted by atomic mass is 9.69. The molecule has 1 aliphatic carbocycles.